The van der Waals surface area contributed by atoms with Crippen LogP contribution in [0.2, 0.25) is 0 Å². The molecular weight excluding hydrogens is 450 g/mol. The lowest BCUT2D eigenvalue weighted by Gasteiger charge is -2.09. The van der Waals surface area contributed by atoms with Gasteiger partial charge in [0.05, 0.1) is 26.9 Å². The van der Waals surface area contributed by atoms with Crippen LogP contribution in [0.5, 0.6) is 0 Å². The second-order valence-electron chi connectivity index (χ2n) is 7.01. The maximum Gasteiger partial charge on any atom is 0.424 e. The van der Waals surface area contributed by atoms with Crippen molar-refractivity contribution in [3.63, 3.8) is 0 Å². The van der Waals surface area contributed by atoms with Gasteiger partial charge in [0.2, 0.25) is 5.91 Å². The summed E-state index contributed by atoms with van der Waals surface area (Å²) in [6.45, 7) is 1.17. The van der Waals surface area contributed by atoms with Crippen molar-refractivity contribution >= 4 is 45.5 Å². The fourth-order valence-corrected chi connectivity index (χ4v) is 3.44. The van der Waals surface area contributed by atoms with Crippen molar-refractivity contribution in [2.24, 2.45) is 0 Å². The Hall–Kier alpha value is -5.27. The first kappa shape index (κ1) is 21.9. The molecule has 4 rings (SSSR count). The summed E-state index contributed by atoms with van der Waals surface area (Å²) in [4.78, 5) is 65.8. The third-order valence-corrected chi connectivity index (χ3v) is 4.77. The van der Waals surface area contributed by atoms with Crippen LogP contribution in [0.1, 0.15) is 17.3 Å². The molecule has 0 atom stereocenters. The molecule has 4 aromatic rings. The van der Waals surface area contributed by atoms with Crippen molar-refractivity contribution in [1.29, 1.82) is 0 Å². The second kappa shape index (κ2) is 8.34. The van der Waals surface area contributed by atoms with Gasteiger partial charge in [-0.1, -0.05) is 12.1 Å². The molecule has 0 fully saturated rings. The zero-order valence-electron chi connectivity index (χ0n) is 17.3. The summed E-state index contributed by atoms with van der Waals surface area (Å²) in [5, 5.41) is 21.3. The average Bonchev–Trinajstić information content (AvgIpc) is 3.09. The number of nitro groups is 1. The second-order valence-corrected chi connectivity index (χ2v) is 7.01. The van der Waals surface area contributed by atoms with Gasteiger partial charge in [0.25, 0.3) is 11.5 Å². The summed E-state index contributed by atoms with van der Waals surface area (Å²) in [6.07, 6.45) is -1.56. The topological polar surface area (TPSA) is 201 Å². The maximum atomic E-state index is 12.8. The maximum absolute atomic E-state index is 12.8. The number of aromatic amines is 1. The van der Waals surface area contributed by atoms with Crippen molar-refractivity contribution in [3.8, 4) is 11.4 Å². The zero-order chi connectivity index (χ0) is 24.6. The summed E-state index contributed by atoms with van der Waals surface area (Å²) < 4.78 is 0.845. The van der Waals surface area contributed by atoms with E-state index in [1.54, 1.807) is 24.3 Å². The normalized spacial score (nSPS) is 10.7. The Morgan fingerprint density at radius 3 is 2.56 bits per heavy atom. The number of nitrogens with zero attached hydrogens (tertiary/aromatic N) is 3. The Morgan fingerprint density at radius 1 is 1.15 bits per heavy atom. The smallest absolute Gasteiger partial charge is 0.424 e. The molecule has 172 valence electrons. The standard InChI is InChI=1S/C20H15N7O7/c1-9(28)23-24-18(29)10-6-7-14-11(8-10)16(27(33)34)17(26(14)25-20(31)32)15-19(30)22-13-5-3-2-4-12(13)21-15/h2-8,25H,1H3,(H,22,30)(H,23,28)(H,24,29)(H,31,32). The average molecular weight is 465 g/mol. The van der Waals surface area contributed by atoms with Crippen molar-refractivity contribution in [2.45, 2.75) is 6.92 Å². The lowest BCUT2D eigenvalue weighted by Crippen LogP contribution is -2.40. The van der Waals surface area contributed by atoms with E-state index in [1.807, 2.05) is 5.43 Å². The van der Waals surface area contributed by atoms with Gasteiger partial charge in [0, 0.05) is 12.5 Å². The third kappa shape index (κ3) is 3.86. The molecule has 0 aliphatic carbocycles. The van der Waals surface area contributed by atoms with Gasteiger partial charge in [0.1, 0.15) is 0 Å². The van der Waals surface area contributed by atoms with E-state index in [4.69, 9.17) is 0 Å². The zero-order valence-corrected chi connectivity index (χ0v) is 17.3. The molecule has 0 saturated heterocycles. The van der Waals surface area contributed by atoms with E-state index in [1.165, 1.54) is 19.1 Å². The minimum absolute atomic E-state index is 0.00506. The SMILES string of the molecule is CC(=O)NNC(=O)c1ccc2c(c1)c([N+](=O)[O-])c(-c1nc3ccccc3[nH]c1=O)n2NC(=O)O. The van der Waals surface area contributed by atoms with E-state index in [0.29, 0.717) is 11.0 Å². The van der Waals surface area contributed by atoms with Crippen molar-refractivity contribution in [1.82, 2.24) is 25.5 Å². The molecular formula is C20H15N7O7. The van der Waals surface area contributed by atoms with Crippen molar-refractivity contribution in [2.75, 3.05) is 5.43 Å². The number of carboxylic acid groups (broad SMARTS) is 1. The number of nitrogens with one attached hydrogen (secondary N) is 4. The quantitative estimate of drug-likeness (QED) is 0.220. The van der Waals surface area contributed by atoms with Gasteiger partial charge in [-0.25, -0.2) is 19.9 Å². The molecule has 0 radical (unpaired) electrons. The number of benzene rings is 2. The van der Waals surface area contributed by atoms with Gasteiger partial charge >= 0.3 is 11.8 Å². The molecule has 2 heterocycles. The Kier molecular flexibility index (Phi) is 5.38. The number of carbonyl (C=O) groups is 3. The van der Waals surface area contributed by atoms with Crippen LogP contribution in [0.25, 0.3) is 33.3 Å². The van der Waals surface area contributed by atoms with Gasteiger partial charge in [-0.3, -0.25) is 35.3 Å². The molecule has 3 amide bonds. The van der Waals surface area contributed by atoms with E-state index in [9.17, 15) is 34.4 Å². The molecule has 0 bridgehead atoms. The highest BCUT2D eigenvalue weighted by Crippen LogP contribution is 2.38. The van der Waals surface area contributed by atoms with Crippen molar-refractivity contribution < 1.29 is 24.4 Å². The lowest BCUT2D eigenvalue weighted by atomic mass is 10.1. The third-order valence-electron chi connectivity index (χ3n) is 4.77. The molecule has 0 spiro atoms. The molecule has 2 aromatic carbocycles. The number of hydrogen-bond donors (Lipinski definition) is 5. The van der Waals surface area contributed by atoms with E-state index < -0.39 is 45.5 Å². The summed E-state index contributed by atoms with van der Waals surface area (Å²) >= 11 is 0. The van der Waals surface area contributed by atoms with E-state index in [0.717, 1.165) is 10.7 Å². The number of amides is 3. The number of hydrogen-bond acceptors (Lipinski definition) is 7. The van der Waals surface area contributed by atoms with Gasteiger partial charge in [-0.05, 0) is 30.3 Å². The molecule has 5 N–H and O–H groups in total. The Balaban J connectivity index is 2.03. The largest absolute Gasteiger partial charge is 0.464 e. The summed E-state index contributed by atoms with van der Waals surface area (Å²) in [5.74, 6) is -1.31. The molecule has 14 nitrogen and oxygen atoms in total. The fourth-order valence-electron chi connectivity index (χ4n) is 3.44. The summed E-state index contributed by atoms with van der Waals surface area (Å²) in [5.41, 5.74) is 4.63. The molecule has 0 unspecified atom stereocenters. The van der Waals surface area contributed by atoms with Gasteiger partial charge in [0.15, 0.2) is 11.4 Å². The van der Waals surface area contributed by atoms with Crippen LogP contribution >= 0.6 is 0 Å². The monoisotopic (exact) mass is 465 g/mol. The molecule has 14 heteroatoms. The van der Waals surface area contributed by atoms with E-state index in [-0.39, 0.29) is 16.5 Å². The van der Waals surface area contributed by atoms with Crippen molar-refractivity contribution in [3.05, 3.63) is 68.5 Å². The van der Waals surface area contributed by atoms with Crippen LogP contribution < -0.4 is 21.8 Å². The number of rotatable bonds is 4. The number of fused-ring (bicyclic) bond motifs is 2. The lowest BCUT2D eigenvalue weighted by molar-refractivity contribution is -0.382. The first-order valence-electron chi connectivity index (χ1n) is 9.56. The van der Waals surface area contributed by atoms with Crippen LogP contribution in [0.4, 0.5) is 10.5 Å². The molecule has 34 heavy (non-hydrogen) atoms. The number of aromatic nitrogens is 3. The van der Waals surface area contributed by atoms with Gasteiger partial charge < -0.3 is 10.1 Å². The highest BCUT2D eigenvalue weighted by atomic mass is 16.6. The van der Waals surface area contributed by atoms with Gasteiger partial charge in [-0.15, -0.1) is 0 Å². The highest BCUT2D eigenvalue weighted by Gasteiger charge is 2.32. The summed E-state index contributed by atoms with van der Waals surface area (Å²) in [7, 11) is 0. The van der Waals surface area contributed by atoms with Crippen LogP contribution in [-0.2, 0) is 4.79 Å². The van der Waals surface area contributed by atoms with Crippen LogP contribution in [0.15, 0.2) is 47.3 Å². The fraction of sp³-hybridized carbons (Fsp3) is 0.0500. The first-order chi connectivity index (χ1) is 16.2. The van der Waals surface area contributed by atoms with Crippen LogP contribution in [-0.4, -0.2) is 42.6 Å². The number of H-pyrrole nitrogens is 1. The molecule has 0 aliphatic heterocycles. The minimum atomic E-state index is -1.56. The van der Waals surface area contributed by atoms with Crippen LogP contribution in [0.3, 0.4) is 0 Å². The Morgan fingerprint density at radius 2 is 1.88 bits per heavy atom. The molecule has 2 aromatic heterocycles. The first-order valence-corrected chi connectivity index (χ1v) is 9.56. The molecule has 0 aliphatic rings. The Bertz CT molecular complexity index is 1570. The van der Waals surface area contributed by atoms with Crippen LogP contribution in [0, 0.1) is 10.1 Å². The predicted molar refractivity (Wildman–Crippen MR) is 119 cm³/mol. The van der Waals surface area contributed by atoms with E-state index in [2.05, 4.69) is 20.8 Å². The Labute approximate surface area is 188 Å². The minimum Gasteiger partial charge on any atom is -0.464 e. The number of hydrazine groups is 1. The number of para-hydroxylation sites is 2. The summed E-state index contributed by atoms with van der Waals surface area (Å²) in [6, 6.07) is 10.2. The highest BCUT2D eigenvalue weighted by molar-refractivity contribution is 6.05. The molecule has 0 saturated carbocycles. The predicted octanol–water partition coefficient (Wildman–Crippen LogP) is 1.46. The number of carbonyl (C=O) groups excluding carboxylic acids is 2. The van der Waals surface area contributed by atoms with Gasteiger partial charge in [-0.2, -0.15) is 0 Å². The van der Waals surface area contributed by atoms with E-state index >= 15 is 0 Å².